The molecule has 0 amide bonds. The molecule has 0 aliphatic rings. The van der Waals surface area contributed by atoms with E-state index in [4.69, 9.17) is 5.73 Å². The molecular weight excluding hydrogens is 306 g/mol. The highest BCUT2D eigenvalue weighted by Gasteiger charge is 2.10. The summed E-state index contributed by atoms with van der Waals surface area (Å²) < 4.78 is 0. The third-order valence-corrected chi connectivity index (χ3v) is 3.42. The van der Waals surface area contributed by atoms with Gasteiger partial charge in [-0.25, -0.2) is 0 Å². The van der Waals surface area contributed by atoms with Crippen molar-refractivity contribution in [1.82, 2.24) is 0 Å². The number of benzene rings is 2. The molecule has 0 bridgehead atoms. The molecule has 0 atom stereocenters. The Hall–Kier alpha value is -3.09. The van der Waals surface area contributed by atoms with Gasteiger partial charge in [0.15, 0.2) is 5.96 Å². The van der Waals surface area contributed by atoms with Gasteiger partial charge in [0.25, 0.3) is 5.69 Å². The van der Waals surface area contributed by atoms with Crippen molar-refractivity contribution in [2.45, 2.75) is 13.3 Å². The number of nitrogens with zero attached hydrogens (tertiary/aromatic N) is 2. The first-order chi connectivity index (χ1) is 11.6. The van der Waals surface area contributed by atoms with Crippen LogP contribution in [-0.2, 0) is 6.42 Å². The summed E-state index contributed by atoms with van der Waals surface area (Å²) in [5, 5.41) is 17.0. The smallest absolute Gasteiger partial charge is 0.292 e. The number of para-hydroxylation sites is 2. The van der Waals surface area contributed by atoms with E-state index >= 15 is 0 Å². The van der Waals surface area contributed by atoms with Gasteiger partial charge in [-0.1, -0.05) is 31.2 Å². The Labute approximate surface area is 140 Å². The molecule has 7 nitrogen and oxygen atoms in total. The molecule has 24 heavy (non-hydrogen) atoms. The number of rotatable bonds is 7. The van der Waals surface area contributed by atoms with E-state index in [0.717, 1.165) is 12.1 Å². The van der Waals surface area contributed by atoms with E-state index in [1.54, 1.807) is 18.2 Å². The summed E-state index contributed by atoms with van der Waals surface area (Å²) in [5.74, 6) is 0.313. The highest BCUT2D eigenvalue weighted by atomic mass is 16.6. The standard InChI is InChI=1S/C17H21N5O2/c1-2-13-6-5-7-14(12-13)21-17(18)20-11-10-19-15-8-3-4-9-16(15)22(23)24/h3-9,12,19H,2,10-11H2,1H3,(H3,18,20,21). The third kappa shape index (κ3) is 4.98. The molecule has 0 spiro atoms. The minimum atomic E-state index is -0.414. The van der Waals surface area contributed by atoms with Gasteiger partial charge in [0, 0.05) is 18.3 Å². The summed E-state index contributed by atoms with van der Waals surface area (Å²) in [6.07, 6.45) is 0.951. The number of anilines is 2. The van der Waals surface area contributed by atoms with Crippen molar-refractivity contribution >= 4 is 23.0 Å². The predicted octanol–water partition coefficient (Wildman–Crippen LogP) is 3.00. The quantitative estimate of drug-likeness (QED) is 0.238. The summed E-state index contributed by atoms with van der Waals surface area (Å²) >= 11 is 0. The molecule has 2 aromatic carbocycles. The number of nitro groups is 1. The lowest BCUT2D eigenvalue weighted by Gasteiger charge is -2.08. The normalized spacial score (nSPS) is 11.1. The zero-order valence-corrected chi connectivity index (χ0v) is 13.5. The largest absolute Gasteiger partial charge is 0.378 e. The number of hydrogen-bond donors (Lipinski definition) is 3. The van der Waals surface area contributed by atoms with E-state index in [0.29, 0.717) is 24.7 Å². The molecule has 0 aliphatic carbocycles. The topological polar surface area (TPSA) is 106 Å². The maximum absolute atomic E-state index is 10.9. The van der Waals surface area contributed by atoms with Gasteiger partial charge < -0.3 is 16.4 Å². The van der Waals surface area contributed by atoms with Gasteiger partial charge >= 0.3 is 0 Å². The van der Waals surface area contributed by atoms with Crippen LogP contribution in [0.25, 0.3) is 0 Å². The average molecular weight is 327 g/mol. The molecule has 0 aliphatic heterocycles. The summed E-state index contributed by atoms with van der Waals surface area (Å²) in [4.78, 5) is 14.7. The Balaban J connectivity index is 1.86. The van der Waals surface area contributed by atoms with Gasteiger partial charge in [-0.2, -0.15) is 0 Å². The lowest BCUT2D eigenvalue weighted by molar-refractivity contribution is -0.384. The lowest BCUT2D eigenvalue weighted by atomic mass is 10.1. The minimum Gasteiger partial charge on any atom is -0.378 e. The van der Waals surface area contributed by atoms with Crippen LogP contribution in [0, 0.1) is 10.1 Å². The fourth-order valence-electron chi connectivity index (χ4n) is 2.21. The number of guanidine groups is 1. The number of nitro benzene ring substituents is 1. The van der Waals surface area contributed by atoms with Crippen LogP contribution in [0.5, 0.6) is 0 Å². The van der Waals surface area contributed by atoms with Gasteiger partial charge in [0.2, 0.25) is 0 Å². The molecule has 0 unspecified atom stereocenters. The lowest BCUT2D eigenvalue weighted by Crippen LogP contribution is -2.23. The molecule has 0 saturated heterocycles. The second-order valence-electron chi connectivity index (χ2n) is 5.15. The zero-order chi connectivity index (χ0) is 17.4. The molecule has 2 aromatic rings. The van der Waals surface area contributed by atoms with Gasteiger partial charge in [-0.15, -0.1) is 0 Å². The van der Waals surface area contributed by atoms with Crippen molar-refractivity contribution in [3.8, 4) is 0 Å². The maximum atomic E-state index is 10.9. The molecule has 126 valence electrons. The maximum Gasteiger partial charge on any atom is 0.292 e. The molecule has 0 saturated carbocycles. The van der Waals surface area contributed by atoms with Crippen molar-refractivity contribution < 1.29 is 4.92 Å². The van der Waals surface area contributed by atoms with Crippen molar-refractivity contribution in [1.29, 1.82) is 0 Å². The Kier molecular flexibility index (Phi) is 6.13. The number of nitrogens with one attached hydrogen (secondary N) is 2. The summed E-state index contributed by atoms with van der Waals surface area (Å²) in [6.45, 7) is 2.94. The predicted molar refractivity (Wildman–Crippen MR) is 97.5 cm³/mol. The van der Waals surface area contributed by atoms with Gasteiger partial charge in [-0.05, 0) is 30.2 Å². The van der Waals surface area contributed by atoms with Crippen molar-refractivity contribution in [3.63, 3.8) is 0 Å². The van der Waals surface area contributed by atoms with E-state index in [9.17, 15) is 10.1 Å². The van der Waals surface area contributed by atoms with Crippen LogP contribution in [-0.4, -0.2) is 24.0 Å². The van der Waals surface area contributed by atoms with Crippen LogP contribution in [0.15, 0.2) is 53.5 Å². The van der Waals surface area contributed by atoms with Gasteiger partial charge in [0.1, 0.15) is 5.69 Å². The first kappa shape index (κ1) is 17.3. The molecule has 0 aromatic heterocycles. The second-order valence-corrected chi connectivity index (χ2v) is 5.15. The zero-order valence-electron chi connectivity index (χ0n) is 13.5. The summed E-state index contributed by atoms with van der Waals surface area (Å²) in [7, 11) is 0. The van der Waals surface area contributed by atoms with Crippen molar-refractivity contribution in [2.75, 3.05) is 23.7 Å². The first-order valence-corrected chi connectivity index (χ1v) is 7.73. The third-order valence-electron chi connectivity index (χ3n) is 3.42. The number of aryl methyl sites for hydroxylation is 1. The van der Waals surface area contributed by atoms with E-state index in [1.165, 1.54) is 11.6 Å². The number of nitrogens with two attached hydrogens (primary N) is 1. The van der Waals surface area contributed by atoms with E-state index < -0.39 is 4.92 Å². The van der Waals surface area contributed by atoms with Gasteiger partial charge in [-0.3, -0.25) is 15.1 Å². The van der Waals surface area contributed by atoms with Crippen molar-refractivity contribution in [3.05, 3.63) is 64.2 Å². The van der Waals surface area contributed by atoms with Crippen LogP contribution in [0.2, 0.25) is 0 Å². The molecule has 2 rings (SSSR count). The Morgan fingerprint density at radius 2 is 2.04 bits per heavy atom. The minimum absolute atomic E-state index is 0.0453. The molecule has 7 heteroatoms. The van der Waals surface area contributed by atoms with Crippen LogP contribution in [0.3, 0.4) is 0 Å². The SMILES string of the molecule is CCc1cccc(NC(N)=NCCNc2ccccc2[N+](=O)[O-])c1. The highest BCUT2D eigenvalue weighted by Crippen LogP contribution is 2.22. The molecule has 4 N–H and O–H groups in total. The Morgan fingerprint density at radius 3 is 2.79 bits per heavy atom. The summed E-state index contributed by atoms with van der Waals surface area (Å²) in [5.41, 5.74) is 8.48. The fourth-order valence-corrected chi connectivity index (χ4v) is 2.21. The first-order valence-electron chi connectivity index (χ1n) is 7.73. The monoisotopic (exact) mass is 327 g/mol. The fraction of sp³-hybridized carbons (Fsp3) is 0.235. The number of aliphatic imine (C=N–C) groups is 1. The Bertz CT molecular complexity index is 730. The van der Waals surface area contributed by atoms with Crippen LogP contribution in [0.4, 0.5) is 17.1 Å². The second kappa shape index (κ2) is 8.52. The molecule has 0 heterocycles. The van der Waals surface area contributed by atoms with Gasteiger partial charge in [0.05, 0.1) is 11.5 Å². The number of hydrogen-bond acceptors (Lipinski definition) is 4. The van der Waals surface area contributed by atoms with E-state index in [-0.39, 0.29) is 5.69 Å². The Morgan fingerprint density at radius 1 is 1.25 bits per heavy atom. The van der Waals surface area contributed by atoms with E-state index in [2.05, 4.69) is 28.6 Å². The van der Waals surface area contributed by atoms with E-state index in [1.807, 2.05) is 18.2 Å². The highest BCUT2D eigenvalue weighted by molar-refractivity contribution is 5.92. The average Bonchev–Trinajstić information content (AvgIpc) is 2.59. The molecular formula is C17H21N5O2. The summed E-state index contributed by atoms with van der Waals surface area (Å²) in [6, 6.07) is 14.5. The van der Waals surface area contributed by atoms with Crippen LogP contribution < -0.4 is 16.4 Å². The van der Waals surface area contributed by atoms with Crippen LogP contribution >= 0.6 is 0 Å². The van der Waals surface area contributed by atoms with Crippen molar-refractivity contribution in [2.24, 2.45) is 10.7 Å². The molecule has 0 radical (unpaired) electrons. The molecule has 0 fully saturated rings. The van der Waals surface area contributed by atoms with Crippen LogP contribution in [0.1, 0.15) is 12.5 Å².